The van der Waals surface area contributed by atoms with Crippen LogP contribution in [0.4, 0.5) is 0 Å². The molecule has 154 valence electrons. The van der Waals surface area contributed by atoms with Crippen LogP contribution in [0.5, 0.6) is 0 Å². The van der Waals surface area contributed by atoms with Crippen LogP contribution in [0.25, 0.3) is 5.57 Å². The molecule has 0 aliphatic carbocycles. The van der Waals surface area contributed by atoms with E-state index < -0.39 is 0 Å². The fourth-order valence-corrected chi connectivity index (χ4v) is 5.03. The molecule has 0 saturated carbocycles. The molecular formula is C26H29N3O. The fourth-order valence-electron chi connectivity index (χ4n) is 5.03. The van der Waals surface area contributed by atoms with Crippen LogP contribution >= 0.6 is 0 Å². The first-order valence-electron chi connectivity index (χ1n) is 11.0. The molecule has 2 aliphatic rings. The van der Waals surface area contributed by atoms with Crippen LogP contribution in [0.15, 0.2) is 60.2 Å². The van der Waals surface area contributed by atoms with Crippen molar-refractivity contribution in [2.45, 2.75) is 51.6 Å². The quantitative estimate of drug-likeness (QED) is 0.659. The Kier molecular flexibility index (Phi) is 5.90. The molecule has 2 bridgehead atoms. The molecule has 0 aromatic heterocycles. The van der Waals surface area contributed by atoms with Gasteiger partial charge in [-0.25, -0.2) is 0 Å². The van der Waals surface area contributed by atoms with Gasteiger partial charge < -0.3 is 9.80 Å². The van der Waals surface area contributed by atoms with Gasteiger partial charge in [-0.3, -0.25) is 4.79 Å². The van der Waals surface area contributed by atoms with E-state index in [9.17, 15) is 10.1 Å². The average molecular weight is 400 g/mol. The van der Waals surface area contributed by atoms with E-state index in [1.165, 1.54) is 16.7 Å². The zero-order chi connectivity index (χ0) is 21.1. The second kappa shape index (κ2) is 8.75. The number of piperidine rings is 1. The number of carbonyl (C=O) groups excluding carboxylic acids is 1. The summed E-state index contributed by atoms with van der Waals surface area (Å²) in [5, 5.41) is 9.52. The van der Waals surface area contributed by atoms with Crippen molar-refractivity contribution in [2.75, 3.05) is 13.1 Å². The molecule has 2 aromatic carbocycles. The molecule has 0 spiro atoms. The van der Waals surface area contributed by atoms with E-state index in [4.69, 9.17) is 0 Å². The zero-order valence-electron chi connectivity index (χ0n) is 17.8. The molecule has 2 atom stereocenters. The van der Waals surface area contributed by atoms with Gasteiger partial charge >= 0.3 is 0 Å². The Morgan fingerprint density at radius 2 is 1.47 bits per heavy atom. The lowest BCUT2D eigenvalue weighted by molar-refractivity contribution is 0.0773. The van der Waals surface area contributed by atoms with Gasteiger partial charge in [-0.1, -0.05) is 48.0 Å². The third-order valence-corrected chi connectivity index (χ3v) is 6.59. The fraction of sp³-hybridized carbons (Fsp3) is 0.385. The summed E-state index contributed by atoms with van der Waals surface area (Å²) >= 11 is 0. The van der Waals surface area contributed by atoms with Crippen molar-refractivity contribution >= 4 is 11.5 Å². The minimum atomic E-state index is 0.0841. The van der Waals surface area contributed by atoms with Crippen molar-refractivity contribution in [3.63, 3.8) is 0 Å². The maximum absolute atomic E-state index is 12.7. The van der Waals surface area contributed by atoms with Crippen molar-refractivity contribution in [3.8, 4) is 6.19 Å². The van der Waals surface area contributed by atoms with E-state index in [1.54, 1.807) is 0 Å². The van der Waals surface area contributed by atoms with Gasteiger partial charge in [0.2, 0.25) is 0 Å². The first kappa shape index (κ1) is 20.2. The molecule has 4 rings (SSSR count). The molecule has 0 radical (unpaired) electrons. The zero-order valence-corrected chi connectivity index (χ0v) is 17.8. The van der Waals surface area contributed by atoms with E-state index in [-0.39, 0.29) is 5.91 Å². The Balaban J connectivity index is 1.72. The van der Waals surface area contributed by atoms with Gasteiger partial charge in [0.05, 0.1) is 0 Å². The smallest absolute Gasteiger partial charge is 0.253 e. The highest BCUT2D eigenvalue weighted by Gasteiger charge is 2.39. The van der Waals surface area contributed by atoms with E-state index in [2.05, 4.69) is 42.6 Å². The summed E-state index contributed by atoms with van der Waals surface area (Å²) in [6.45, 7) is 5.45. The molecule has 1 amide bonds. The van der Waals surface area contributed by atoms with Gasteiger partial charge in [0.25, 0.3) is 5.91 Å². The first-order chi connectivity index (χ1) is 14.7. The van der Waals surface area contributed by atoms with Gasteiger partial charge in [-0.2, -0.15) is 5.26 Å². The summed E-state index contributed by atoms with van der Waals surface area (Å²) in [5.74, 6) is 0.0841. The molecule has 4 nitrogen and oxygen atoms in total. The Morgan fingerprint density at radius 1 is 0.933 bits per heavy atom. The number of rotatable bonds is 5. The normalized spacial score (nSPS) is 20.0. The van der Waals surface area contributed by atoms with E-state index in [0.717, 1.165) is 36.8 Å². The van der Waals surface area contributed by atoms with Crippen LogP contribution in [-0.4, -0.2) is 40.9 Å². The lowest BCUT2D eigenvalue weighted by Crippen LogP contribution is -2.36. The van der Waals surface area contributed by atoms with Crippen LogP contribution in [0.1, 0.15) is 61.0 Å². The van der Waals surface area contributed by atoms with E-state index in [0.29, 0.717) is 25.2 Å². The average Bonchev–Trinajstić information content (AvgIpc) is 3.04. The molecule has 0 N–H and O–H groups in total. The monoisotopic (exact) mass is 399 g/mol. The standard InChI is InChI=1S/C26H29N3O/c1-3-28(4-2)26(30)21-12-10-20(11-13-21)25(19-8-6-5-7-9-19)22-16-23-14-15-24(17-22)29(23)18-27/h5-13,23-24H,3-4,14-17H2,1-2H3. The summed E-state index contributed by atoms with van der Waals surface area (Å²) in [5.41, 5.74) is 5.80. The maximum Gasteiger partial charge on any atom is 0.253 e. The number of hydrogen-bond donors (Lipinski definition) is 0. The predicted molar refractivity (Wildman–Crippen MR) is 120 cm³/mol. The number of amides is 1. The van der Waals surface area contributed by atoms with Crippen molar-refractivity contribution < 1.29 is 4.79 Å². The second-order valence-corrected chi connectivity index (χ2v) is 8.20. The molecule has 2 aliphatic heterocycles. The summed E-state index contributed by atoms with van der Waals surface area (Å²) in [6, 6.07) is 19.3. The van der Waals surface area contributed by atoms with Crippen LogP contribution < -0.4 is 0 Å². The lowest BCUT2D eigenvalue weighted by Gasteiger charge is -2.33. The Bertz CT molecular complexity index is 952. The highest BCUT2D eigenvalue weighted by Crippen LogP contribution is 2.42. The van der Waals surface area contributed by atoms with Crippen molar-refractivity contribution in [3.05, 3.63) is 76.9 Å². The third-order valence-electron chi connectivity index (χ3n) is 6.59. The van der Waals surface area contributed by atoms with Crippen molar-refractivity contribution in [2.24, 2.45) is 0 Å². The highest BCUT2D eigenvalue weighted by molar-refractivity contribution is 5.95. The summed E-state index contributed by atoms with van der Waals surface area (Å²) in [7, 11) is 0. The number of nitriles is 1. The minimum absolute atomic E-state index is 0.0841. The van der Waals surface area contributed by atoms with Crippen molar-refractivity contribution in [1.29, 1.82) is 5.26 Å². The van der Waals surface area contributed by atoms with Gasteiger partial charge in [-0.15, -0.1) is 0 Å². The molecule has 2 aromatic rings. The van der Waals surface area contributed by atoms with Gasteiger partial charge in [0.15, 0.2) is 6.19 Å². The summed E-state index contributed by atoms with van der Waals surface area (Å²) < 4.78 is 0. The van der Waals surface area contributed by atoms with E-state index in [1.807, 2.05) is 41.8 Å². The molecule has 2 heterocycles. The second-order valence-electron chi connectivity index (χ2n) is 8.20. The largest absolute Gasteiger partial charge is 0.339 e. The van der Waals surface area contributed by atoms with Gasteiger partial charge in [0, 0.05) is 30.7 Å². The number of hydrogen-bond acceptors (Lipinski definition) is 3. The molecule has 30 heavy (non-hydrogen) atoms. The van der Waals surface area contributed by atoms with Gasteiger partial charge in [0.1, 0.15) is 0 Å². The minimum Gasteiger partial charge on any atom is -0.339 e. The molecular weight excluding hydrogens is 370 g/mol. The Hall–Kier alpha value is -3.06. The molecule has 2 saturated heterocycles. The van der Waals surface area contributed by atoms with Crippen LogP contribution in [0.2, 0.25) is 0 Å². The SMILES string of the molecule is CCN(CC)C(=O)c1ccc(C(=C2CC3CCC(C2)N3C#N)c2ccccc2)cc1. The van der Waals surface area contributed by atoms with Crippen LogP contribution in [0, 0.1) is 11.5 Å². The maximum atomic E-state index is 12.7. The predicted octanol–water partition coefficient (Wildman–Crippen LogP) is 5.08. The summed E-state index contributed by atoms with van der Waals surface area (Å²) in [6.07, 6.45) is 6.49. The topological polar surface area (TPSA) is 47.3 Å². The Labute approximate surface area is 179 Å². The van der Waals surface area contributed by atoms with E-state index >= 15 is 0 Å². The number of fused-ring (bicyclic) bond motifs is 2. The third kappa shape index (κ3) is 3.73. The summed E-state index contributed by atoms with van der Waals surface area (Å²) in [4.78, 5) is 16.6. The number of carbonyl (C=O) groups is 1. The highest BCUT2D eigenvalue weighted by atomic mass is 16.2. The molecule has 2 unspecified atom stereocenters. The Morgan fingerprint density at radius 3 is 2.00 bits per heavy atom. The van der Waals surface area contributed by atoms with Crippen LogP contribution in [0.3, 0.4) is 0 Å². The molecule has 4 heteroatoms. The van der Waals surface area contributed by atoms with Crippen molar-refractivity contribution in [1.82, 2.24) is 9.80 Å². The lowest BCUT2D eigenvalue weighted by atomic mass is 9.85. The first-order valence-corrected chi connectivity index (χ1v) is 11.0. The molecule has 2 fully saturated rings. The van der Waals surface area contributed by atoms with Crippen LogP contribution in [-0.2, 0) is 0 Å². The number of benzene rings is 2. The number of nitrogens with zero attached hydrogens (tertiary/aromatic N) is 3. The van der Waals surface area contributed by atoms with Gasteiger partial charge in [-0.05, 0) is 68.4 Å².